The number of anilines is 1. The van der Waals surface area contributed by atoms with E-state index in [-0.39, 0.29) is 11.5 Å². The van der Waals surface area contributed by atoms with E-state index < -0.39 is 0 Å². The molecule has 0 aliphatic carbocycles. The molecule has 1 aromatic carbocycles. The molecule has 0 aromatic heterocycles. The van der Waals surface area contributed by atoms with Gasteiger partial charge in [0.15, 0.2) is 5.78 Å². The lowest BCUT2D eigenvalue weighted by Gasteiger charge is -2.11. The quantitative estimate of drug-likeness (QED) is 0.586. The maximum atomic E-state index is 11.2. The van der Waals surface area contributed by atoms with Gasteiger partial charge in [-0.2, -0.15) is 0 Å². The zero-order valence-corrected chi connectivity index (χ0v) is 9.00. The number of rotatable bonds is 4. The minimum Gasteiger partial charge on any atom is -0.507 e. The zero-order chi connectivity index (χ0) is 11.4. The van der Waals surface area contributed by atoms with Crippen molar-refractivity contribution in [1.29, 1.82) is 0 Å². The molecule has 0 aliphatic rings. The largest absolute Gasteiger partial charge is 0.507 e. The Balaban J connectivity index is 3.34. The van der Waals surface area contributed by atoms with Crippen LogP contribution in [0.1, 0.15) is 22.8 Å². The number of hydrogen-bond donors (Lipinski definition) is 2. The van der Waals surface area contributed by atoms with Crippen LogP contribution in [0.15, 0.2) is 24.8 Å². The highest BCUT2D eigenvalue weighted by Crippen LogP contribution is 2.30. The first kappa shape index (κ1) is 11.3. The number of ketones is 1. The van der Waals surface area contributed by atoms with Gasteiger partial charge in [0.25, 0.3) is 0 Å². The lowest BCUT2D eigenvalue weighted by Crippen LogP contribution is -2.00. The van der Waals surface area contributed by atoms with Gasteiger partial charge >= 0.3 is 0 Å². The van der Waals surface area contributed by atoms with Gasteiger partial charge in [0.1, 0.15) is 5.75 Å². The molecule has 3 heteroatoms. The predicted molar refractivity (Wildman–Crippen MR) is 61.6 cm³/mol. The summed E-state index contributed by atoms with van der Waals surface area (Å²) in [5, 5.41) is 12.9. The summed E-state index contributed by atoms with van der Waals surface area (Å²) < 4.78 is 0. The van der Waals surface area contributed by atoms with Crippen LogP contribution in [0.25, 0.3) is 0 Å². The second-order valence-electron chi connectivity index (χ2n) is 3.29. The Kier molecular flexibility index (Phi) is 3.50. The van der Waals surface area contributed by atoms with Gasteiger partial charge in [0, 0.05) is 18.3 Å². The summed E-state index contributed by atoms with van der Waals surface area (Å²) in [6.45, 7) is 5.06. The Morgan fingerprint density at radius 1 is 1.60 bits per heavy atom. The van der Waals surface area contributed by atoms with Crippen molar-refractivity contribution in [2.45, 2.75) is 13.3 Å². The average Bonchev–Trinajstić information content (AvgIpc) is 2.20. The fourth-order valence-corrected chi connectivity index (χ4v) is 1.51. The maximum absolute atomic E-state index is 11.2. The van der Waals surface area contributed by atoms with E-state index in [9.17, 15) is 9.90 Å². The van der Waals surface area contributed by atoms with Gasteiger partial charge in [-0.3, -0.25) is 4.79 Å². The van der Waals surface area contributed by atoms with Crippen molar-refractivity contribution in [2.75, 3.05) is 12.4 Å². The Bertz CT molecular complexity index is 397. The Hall–Kier alpha value is -1.77. The number of carbonyl (C=O) groups excluding carboxylic acids is 1. The van der Waals surface area contributed by atoms with Gasteiger partial charge in [-0.1, -0.05) is 6.08 Å². The molecule has 0 amide bonds. The van der Waals surface area contributed by atoms with Crippen LogP contribution in [-0.2, 0) is 6.42 Å². The zero-order valence-electron chi connectivity index (χ0n) is 9.00. The minimum atomic E-state index is -0.138. The average molecular weight is 205 g/mol. The van der Waals surface area contributed by atoms with Crippen molar-refractivity contribution in [2.24, 2.45) is 0 Å². The first-order chi connectivity index (χ1) is 7.11. The molecule has 1 aromatic rings. The SMILES string of the molecule is C=CCc1c(NC)ccc(C(C)=O)c1O. The van der Waals surface area contributed by atoms with Crippen LogP contribution < -0.4 is 5.32 Å². The van der Waals surface area contributed by atoms with Crippen molar-refractivity contribution in [1.82, 2.24) is 0 Å². The first-order valence-corrected chi connectivity index (χ1v) is 4.76. The van der Waals surface area contributed by atoms with E-state index in [1.165, 1.54) is 6.92 Å². The second-order valence-corrected chi connectivity index (χ2v) is 3.29. The lowest BCUT2D eigenvalue weighted by molar-refractivity contribution is 0.101. The summed E-state index contributed by atoms with van der Waals surface area (Å²) in [6.07, 6.45) is 2.23. The van der Waals surface area contributed by atoms with Gasteiger partial charge in [0.05, 0.1) is 5.56 Å². The van der Waals surface area contributed by atoms with E-state index in [1.54, 1.807) is 25.3 Å². The summed E-state index contributed by atoms with van der Waals surface area (Å²) >= 11 is 0. The molecule has 0 spiro atoms. The Morgan fingerprint density at radius 3 is 2.73 bits per heavy atom. The van der Waals surface area contributed by atoms with Crippen LogP contribution in [-0.4, -0.2) is 17.9 Å². The van der Waals surface area contributed by atoms with Gasteiger partial charge in [0.2, 0.25) is 0 Å². The molecule has 15 heavy (non-hydrogen) atoms. The van der Waals surface area contributed by atoms with Gasteiger partial charge < -0.3 is 10.4 Å². The second kappa shape index (κ2) is 4.64. The number of aromatic hydroxyl groups is 1. The highest BCUT2D eigenvalue weighted by molar-refractivity contribution is 5.97. The molecule has 0 radical (unpaired) electrons. The normalized spacial score (nSPS) is 9.73. The first-order valence-electron chi connectivity index (χ1n) is 4.76. The standard InChI is InChI=1S/C12H15NO2/c1-4-5-10-11(13-3)7-6-9(8(2)14)12(10)15/h4,6-7,13,15H,1,5H2,2-3H3. The van der Waals surface area contributed by atoms with E-state index in [4.69, 9.17) is 0 Å². The molecular weight excluding hydrogens is 190 g/mol. The molecule has 80 valence electrons. The van der Waals surface area contributed by atoms with Crippen LogP contribution in [0.2, 0.25) is 0 Å². The molecule has 1 rings (SSSR count). The number of nitrogens with one attached hydrogen (secondary N) is 1. The van der Waals surface area contributed by atoms with Crippen molar-refractivity contribution in [3.05, 3.63) is 35.9 Å². The summed E-state index contributed by atoms with van der Waals surface area (Å²) in [5.74, 6) is -0.0882. The molecule has 0 bridgehead atoms. The van der Waals surface area contributed by atoms with Gasteiger partial charge in [-0.15, -0.1) is 6.58 Å². The predicted octanol–water partition coefficient (Wildman–Crippen LogP) is 2.37. The number of carbonyl (C=O) groups is 1. The highest BCUT2D eigenvalue weighted by atomic mass is 16.3. The molecule has 0 atom stereocenters. The van der Waals surface area contributed by atoms with Crippen molar-refractivity contribution in [3.8, 4) is 5.75 Å². The number of hydrogen-bond acceptors (Lipinski definition) is 3. The number of Topliss-reactive ketones (excluding diaryl/α,β-unsaturated/α-hetero) is 1. The summed E-state index contributed by atoms with van der Waals surface area (Å²) in [6, 6.07) is 3.41. The van der Waals surface area contributed by atoms with E-state index in [0.29, 0.717) is 17.5 Å². The minimum absolute atomic E-state index is 0.0502. The van der Waals surface area contributed by atoms with Crippen LogP contribution in [0.5, 0.6) is 5.75 Å². The molecule has 0 fully saturated rings. The van der Waals surface area contributed by atoms with Crippen LogP contribution in [0.3, 0.4) is 0 Å². The molecule has 0 unspecified atom stereocenters. The summed E-state index contributed by atoms with van der Waals surface area (Å²) in [5.41, 5.74) is 1.88. The fourth-order valence-electron chi connectivity index (χ4n) is 1.51. The van der Waals surface area contributed by atoms with Crippen molar-refractivity contribution < 1.29 is 9.90 Å². The summed E-state index contributed by atoms with van der Waals surface area (Å²) in [4.78, 5) is 11.2. The van der Waals surface area contributed by atoms with Crippen LogP contribution >= 0.6 is 0 Å². The molecule has 0 saturated carbocycles. The number of benzene rings is 1. The Labute approximate surface area is 89.4 Å². The number of phenolic OH excluding ortho intramolecular Hbond substituents is 1. The van der Waals surface area contributed by atoms with E-state index in [0.717, 1.165) is 5.69 Å². The fraction of sp³-hybridized carbons (Fsp3) is 0.250. The van der Waals surface area contributed by atoms with Crippen molar-refractivity contribution >= 4 is 11.5 Å². The van der Waals surface area contributed by atoms with Crippen LogP contribution in [0.4, 0.5) is 5.69 Å². The van der Waals surface area contributed by atoms with E-state index in [2.05, 4.69) is 11.9 Å². The van der Waals surface area contributed by atoms with Crippen LogP contribution in [0, 0.1) is 0 Å². The third-order valence-corrected chi connectivity index (χ3v) is 2.28. The maximum Gasteiger partial charge on any atom is 0.163 e. The van der Waals surface area contributed by atoms with Crippen molar-refractivity contribution in [3.63, 3.8) is 0 Å². The monoisotopic (exact) mass is 205 g/mol. The van der Waals surface area contributed by atoms with Gasteiger partial charge in [-0.05, 0) is 25.5 Å². The van der Waals surface area contributed by atoms with E-state index >= 15 is 0 Å². The third kappa shape index (κ3) is 2.18. The Morgan fingerprint density at radius 2 is 2.27 bits per heavy atom. The van der Waals surface area contributed by atoms with Gasteiger partial charge in [-0.25, -0.2) is 0 Å². The highest BCUT2D eigenvalue weighted by Gasteiger charge is 2.13. The molecular formula is C12H15NO2. The molecule has 0 aliphatic heterocycles. The van der Waals surface area contributed by atoms with E-state index in [1.807, 2.05) is 0 Å². The lowest BCUT2D eigenvalue weighted by atomic mass is 10.0. The number of allylic oxidation sites excluding steroid dienone is 1. The molecule has 3 nitrogen and oxygen atoms in total. The molecule has 2 N–H and O–H groups in total. The number of phenols is 1. The topological polar surface area (TPSA) is 49.3 Å². The summed E-state index contributed by atoms with van der Waals surface area (Å²) in [7, 11) is 1.77. The third-order valence-electron chi connectivity index (χ3n) is 2.28. The molecule has 0 saturated heterocycles. The molecule has 0 heterocycles. The smallest absolute Gasteiger partial charge is 0.163 e.